The van der Waals surface area contributed by atoms with Crippen molar-refractivity contribution in [1.29, 1.82) is 0 Å². The summed E-state index contributed by atoms with van der Waals surface area (Å²) in [6, 6.07) is 8.56. The maximum Gasteiger partial charge on any atom is 0.191 e. The van der Waals surface area contributed by atoms with Gasteiger partial charge < -0.3 is 15.4 Å². The van der Waals surface area contributed by atoms with Gasteiger partial charge in [0.2, 0.25) is 0 Å². The molecule has 1 aromatic carbocycles. The van der Waals surface area contributed by atoms with E-state index in [4.69, 9.17) is 4.74 Å². The van der Waals surface area contributed by atoms with Gasteiger partial charge in [-0.1, -0.05) is 18.6 Å². The fourth-order valence-electron chi connectivity index (χ4n) is 4.20. The van der Waals surface area contributed by atoms with Crippen LogP contribution in [0.4, 0.5) is 0 Å². The molecular formula is C21H34N4O3S. The highest BCUT2D eigenvalue weighted by Crippen LogP contribution is 2.26. The molecule has 1 aromatic rings. The molecular weight excluding hydrogens is 388 g/mol. The lowest BCUT2D eigenvalue weighted by atomic mass is 10.0. The summed E-state index contributed by atoms with van der Waals surface area (Å²) < 4.78 is 28.6. The molecule has 2 aliphatic rings. The predicted octanol–water partition coefficient (Wildman–Crippen LogP) is 1.82. The van der Waals surface area contributed by atoms with Gasteiger partial charge in [0.05, 0.1) is 24.7 Å². The van der Waals surface area contributed by atoms with Crippen molar-refractivity contribution in [3.63, 3.8) is 0 Å². The number of rotatable bonds is 7. The summed E-state index contributed by atoms with van der Waals surface area (Å²) in [6.45, 7) is 3.58. The fraction of sp³-hybridized carbons (Fsp3) is 0.667. The van der Waals surface area contributed by atoms with Crippen LogP contribution in [0.2, 0.25) is 0 Å². The second-order valence-corrected chi connectivity index (χ2v) is 10.2. The molecule has 0 radical (unpaired) electrons. The van der Waals surface area contributed by atoms with Crippen LogP contribution < -0.4 is 15.4 Å². The number of ether oxygens (including phenoxy) is 1. The van der Waals surface area contributed by atoms with Crippen molar-refractivity contribution in [2.75, 3.05) is 51.8 Å². The summed E-state index contributed by atoms with van der Waals surface area (Å²) in [4.78, 5) is 6.87. The SMILES string of the molecule is CN=C(NCC1CCS(=O)(=O)C1)NCC(c1ccc(OC)cc1)N1CCCCC1. The number of nitrogens with one attached hydrogen (secondary N) is 2. The van der Waals surface area contributed by atoms with Crippen LogP contribution in [0, 0.1) is 5.92 Å². The molecule has 2 aliphatic heterocycles. The van der Waals surface area contributed by atoms with Crippen molar-refractivity contribution >= 4 is 15.8 Å². The first-order valence-corrected chi connectivity index (χ1v) is 12.4. The Morgan fingerprint density at radius 1 is 1.21 bits per heavy atom. The Morgan fingerprint density at radius 3 is 2.52 bits per heavy atom. The first-order chi connectivity index (χ1) is 14.0. The van der Waals surface area contributed by atoms with Gasteiger partial charge in [0.25, 0.3) is 0 Å². The maximum atomic E-state index is 11.7. The summed E-state index contributed by atoms with van der Waals surface area (Å²) in [7, 11) is 0.589. The molecule has 0 aromatic heterocycles. The van der Waals surface area contributed by atoms with Crippen LogP contribution in [0.15, 0.2) is 29.3 Å². The number of likely N-dealkylation sites (tertiary alicyclic amines) is 1. The number of guanidine groups is 1. The Hall–Kier alpha value is -1.80. The Morgan fingerprint density at radius 2 is 1.93 bits per heavy atom. The van der Waals surface area contributed by atoms with Gasteiger partial charge in [-0.15, -0.1) is 0 Å². The zero-order chi connectivity index (χ0) is 20.7. The Balaban J connectivity index is 1.60. The number of hydrogen-bond acceptors (Lipinski definition) is 5. The van der Waals surface area contributed by atoms with Gasteiger partial charge in [-0.25, -0.2) is 8.42 Å². The topological polar surface area (TPSA) is 83.0 Å². The number of sulfone groups is 1. The Bertz CT molecular complexity index is 774. The summed E-state index contributed by atoms with van der Waals surface area (Å²) in [5.74, 6) is 2.34. The summed E-state index contributed by atoms with van der Waals surface area (Å²) >= 11 is 0. The highest BCUT2D eigenvalue weighted by atomic mass is 32.2. The lowest BCUT2D eigenvalue weighted by Gasteiger charge is -2.35. The summed E-state index contributed by atoms with van der Waals surface area (Å²) in [5.41, 5.74) is 1.26. The van der Waals surface area contributed by atoms with Crippen LogP contribution in [0.3, 0.4) is 0 Å². The highest BCUT2D eigenvalue weighted by Gasteiger charge is 2.28. The van der Waals surface area contributed by atoms with Gasteiger partial charge in [-0.3, -0.25) is 9.89 Å². The van der Waals surface area contributed by atoms with Crippen molar-refractivity contribution in [1.82, 2.24) is 15.5 Å². The van der Waals surface area contributed by atoms with Crippen molar-refractivity contribution < 1.29 is 13.2 Å². The van der Waals surface area contributed by atoms with Crippen LogP contribution in [-0.2, 0) is 9.84 Å². The van der Waals surface area contributed by atoms with Crippen LogP contribution in [0.5, 0.6) is 5.75 Å². The van der Waals surface area contributed by atoms with Crippen LogP contribution in [0.1, 0.15) is 37.3 Å². The average molecular weight is 423 g/mol. The second-order valence-electron chi connectivity index (χ2n) is 7.99. The third-order valence-electron chi connectivity index (χ3n) is 5.90. The van der Waals surface area contributed by atoms with Crippen LogP contribution in [0.25, 0.3) is 0 Å². The maximum absolute atomic E-state index is 11.7. The third kappa shape index (κ3) is 6.34. The molecule has 8 heteroatoms. The minimum atomic E-state index is -2.85. The van der Waals surface area contributed by atoms with E-state index < -0.39 is 9.84 Å². The van der Waals surface area contributed by atoms with E-state index in [0.29, 0.717) is 12.3 Å². The fourth-order valence-corrected chi connectivity index (χ4v) is 6.06. The van der Waals surface area contributed by atoms with Gasteiger partial charge >= 0.3 is 0 Å². The van der Waals surface area contributed by atoms with Gasteiger partial charge in [-0.05, 0) is 56.0 Å². The first kappa shape index (κ1) is 21.9. The lowest BCUT2D eigenvalue weighted by Crippen LogP contribution is -2.45. The normalized spacial score (nSPS) is 23.5. The molecule has 2 saturated heterocycles. The summed E-state index contributed by atoms with van der Waals surface area (Å²) in [6.07, 6.45) is 4.49. The Labute approximate surface area is 174 Å². The average Bonchev–Trinajstić information content (AvgIpc) is 3.10. The standard InChI is InChI=1S/C21H34N4O3S/c1-22-21(23-14-17-10-13-29(26,27)16-17)24-15-20(25-11-4-3-5-12-25)18-6-8-19(28-2)9-7-18/h6-9,17,20H,3-5,10-16H2,1-2H3,(H2,22,23,24). The quantitative estimate of drug-likeness (QED) is 0.515. The third-order valence-corrected chi connectivity index (χ3v) is 7.74. The number of benzene rings is 1. The van der Waals surface area contributed by atoms with E-state index in [-0.39, 0.29) is 17.7 Å². The van der Waals surface area contributed by atoms with E-state index in [2.05, 4.69) is 32.7 Å². The van der Waals surface area contributed by atoms with Gasteiger partial charge in [-0.2, -0.15) is 0 Å². The van der Waals surface area contributed by atoms with E-state index in [0.717, 1.165) is 37.8 Å². The number of hydrogen-bond donors (Lipinski definition) is 2. The molecule has 0 aliphatic carbocycles. The zero-order valence-electron chi connectivity index (χ0n) is 17.6. The van der Waals surface area contributed by atoms with Crippen LogP contribution >= 0.6 is 0 Å². The lowest BCUT2D eigenvalue weighted by molar-refractivity contribution is 0.164. The summed E-state index contributed by atoms with van der Waals surface area (Å²) in [5, 5.41) is 6.77. The minimum absolute atomic E-state index is 0.165. The van der Waals surface area contributed by atoms with E-state index in [1.807, 2.05) is 12.1 Å². The molecule has 29 heavy (non-hydrogen) atoms. The number of nitrogens with zero attached hydrogens (tertiary/aromatic N) is 2. The van der Waals surface area contributed by atoms with Crippen LogP contribution in [-0.4, -0.2) is 71.1 Å². The second kappa shape index (κ2) is 10.3. The van der Waals surface area contributed by atoms with E-state index in [1.165, 1.54) is 24.8 Å². The van der Waals surface area contributed by atoms with Crippen molar-refractivity contribution in [3.05, 3.63) is 29.8 Å². The molecule has 2 atom stereocenters. The molecule has 2 fully saturated rings. The predicted molar refractivity (Wildman–Crippen MR) is 117 cm³/mol. The molecule has 162 valence electrons. The Kier molecular flexibility index (Phi) is 7.77. The van der Waals surface area contributed by atoms with Crippen molar-refractivity contribution in [2.45, 2.75) is 31.7 Å². The smallest absolute Gasteiger partial charge is 0.191 e. The van der Waals surface area contributed by atoms with Crippen molar-refractivity contribution in [2.24, 2.45) is 10.9 Å². The molecule has 2 heterocycles. The molecule has 2 N–H and O–H groups in total. The molecule has 0 saturated carbocycles. The van der Waals surface area contributed by atoms with E-state index >= 15 is 0 Å². The number of aliphatic imine (C=N–C) groups is 1. The van der Waals surface area contributed by atoms with E-state index in [1.54, 1.807) is 14.2 Å². The largest absolute Gasteiger partial charge is 0.497 e. The molecule has 3 rings (SSSR count). The molecule has 0 bridgehead atoms. The molecule has 0 spiro atoms. The highest BCUT2D eigenvalue weighted by molar-refractivity contribution is 7.91. The van der Waals surface area contributed by atoms with Gasteiger partial charge in [0, 0.05) is 20.1 Å². The van der Waals surface area contributed by atoms with Crippen molar-refractivity contribution in [3.8, 4) is 5.75 Å². The van der Waals surface area contributed by atoms with E-state index in [9.17, 15) is 8.42 Å². The molecule has 2 unspecified atom stereocenters. The zero-order valence-corrected chi connectivity index (χ0v) is 18.4. The minimum Gasteiger partial charge on any atom is -0.497 e. The van der Waals surface area contributed by atoms with Gasteiger partial charge in [0.15, 0.2) is 15.8 Å². The number of methoxy groups -OCH3 is 1. The molecule has 7 nitrogen and oxygen atoms in total. The monoisotopic (exact) mass is 422 g/mol. The number of piperidine rings is 1. The van der Waals surface area contributed by atoms with Gasteiger partial charge in [0.1, 0.15) is 5.75 Å². The first-order valence-electron chi connectivity index (χ1n) is 10.5. The molecule has 0 amide bonds.